The van der Waals surface area contributed by atoms with E-state index in [2.05, 4.69) is 10.1 Å². The number of carbonyl (C=O) groups excluding carboxylic acids is 2. The number of hydrogen-bond acceptors (Lipinski definition) is 4. The number of methoxy groups -OCH3 is 1. The fourth-order valence-electron chi connectivity index (χ4n) is 2.18. The predicted molar refractivity (Wildman–Crippen MR) is 67.9 cm³/mol. The molecule has 1 saturated heterocycles. The molecule has 0 saturated carbocycles. The summed E-state index contributed by atoms with van der Waals surface area (Å²) in [6, 6.07) is 4.31. The first kappa shape index (κ1) is 13.3. The fraction of sp³-hybridized carbons (Fsp3) is 0.385. The number of halogens is 1. The van der Waals surface area contributed by atoms with Crippen LogP contribution in [-0.2, 0) is 4.74 Å². The van der Waals surface area contributed by atoms with Gasteiger partial charge >= 0.3 is 6.09 Å². The van der Waals surface area contributed by atoms with Crippen LogP contribution in [0.2, 0.25) is 0 Å². The highest BCUT2D eigenvalue weighted by atomic mass is 19.1. The number of hydrogen-bond donors (Lipinski definition) is 1. The van der Waals surface area contributed by atoms with Gasteiger partial charge in [0.05, 0.1) is 18.8 Å². The molecule has 0 bridgehead atoms. The van der Waals surface area contributed by atoms with Gasteiger partial charge in [-0.3, -0.25) is 4.79 Å². The minimum absolute atomic E-state index is 0.0578. The van der Waals surface area contributed by atoms with Crippen molar-refractivity contribution in [3.05, 3.63) is 29.6 Å². The quantitative estimate of drug-likeness (QED) is 0.844. The van der Waals surface area contributed by atoms with Gasteiger partial charge in [0.25, 0.3) is 0 Å². The van der Waals surface area contributed by atoms with E-state index < -0.39 is 11.9 Å². The van der Waals surface area contributed by atoms with Crippen LogP contribution in [0.3, 0.4) is 0 Å². The maximum atomic E-state index is 13.8. The third-order valence-electron chi connectivity index (χ3n) is 3.14. The number of anilines is 1. The van der Waals surface area contributed by atoms with E-state index in [-0.39, 0.29) is 6.04 Å². The number of nitrogens with zero attached hydrogens (tertiary/aromatic N) is 1. The van der Waals surface area contributed by atoms with E-state index in [1.165, 1.54) is 13.2 Å². The fourth-order valence-corrected chi connectivity index (χ4v) is 2.18. The molecule has 1 aromatic carbocycles. The molecule has 1 fully saturated rings. The van der Waals surface area contributed by atoms with Crippen molar-refractivity contribution >= 4 is 18.1 Å². The van der Waals surface area contributed by atoms with Gasteiger partial charge in [-0.05, 0) is 24.6 Å². The molecule has 19 heavy (non-hydrogen) atoms. The number of benzene rings is 1. The van der Waals surface area contributed by atoms with E-state index in [0.29, 0.717) is 30.6 Å². The second-order valence-corrected chi connectivity index (χ2v) is 4.40. The van der Waals surface area contributed by atoms with Crippen LogP contribution in [0.1, 0.15) is 16.8 Å². The first-order valence-electron chi connectivity index (χ1n) is 5.98. The van der Waals surface area contributed by atoms with Gasteiger partial charge in [-0.25, -0.2) is 9.18 Å². The molecular formula is C13H15FN2O3. The summed E-state index contributed by atoms with van der Waals surface area (Å²) in [5, 5.41) is 2.69. The van der Waals surface area contributed by atoms with E-state index in [0.717, 1.165) is 6.42 Å². The van der Waals surface area contributed by atoms with Gasteiger partial charge in [0.1, 0.15) is 12.1 Å². The highest BCUT2D eigenvalue weighted by molar-refractivity contribution is 5.76. The Labute approximate surface area is 110 Å². The molecule has 1 atom stereocenters. The summed E-state index contributed by atoms with van der Waals surface area (Å²) in [4.78, 5) is 23.5. The molecule has 6 heteroatoms. The van der Waals surface area contributed by atoms with Crippen molar-refractivity contribution in [3.63, 3.8) is 0 Å². The lowest BCUT2D eigenvalue weighted by molar-refractivity contribution is 0.112. The second-order valence-electron chi connectivity index (χ2n) is 4.40. The van der Waals surface area contributed by atoms with Crippen molar-refractivity contribution < 1.29 is 18.7 Å². The molecule has 1 aliphatic rings. The molecule has 0 radical (unpaired) electrons. The van der Waals surface area contributed by atoms with Crippen molar-refractivity contribution in [2.24, 2.45) is 0 Å². The Morgan fingerprint density at radius 3 is 3.00 bits per heavy atom. The van der Waals surface area contributed by atoms with Gasteiger partial charge in [0.2, 0.25) is 0 Å². The maximum Gasteiger partial charge on any atom is 0.407 e. The molecule has 1 amide bonds. The van der Waals surface area contributed by atoms with Crippen molar-refractivity contribution in [2.45, 2.75) is 12.5 Å². The number of carbonyl (C=O) groups is 2. The largest absolute Gasteiger partial charge is 0.453 e. The van der Waals surface area contributed by atoms with Gasteiger partial charge in [-0.2, -0.15) is 0 Å². The van der Waals surface area contributed by atoms with Gasteiger partial charge < -0.3 is 15.0 Å². The molecule has 1 unspecified atom stereocenters. The smallest absolute Gasteiger partial charge is 0.407 e. The Morgan fingerprint density at radius 2 is 2.37 bits per heavy atom. The molecule has 0 spiro atoms. The molecule has 1 heterocycles. The summed E-state index contributed by atoms with van der Waals surface area (Å²) in [7, 11) is 1.31. The number of rotatable bonds is 3. The normalized spacial score (nSPS) is 18.2. The Kier molecular flexibility index (Phi) is 3.99. The number of aldehydes is 1. The summed E-state index contributed by atoms with van der Waals surface area (Å²) in [6.07, 6.45) is 0.853. The Hall–Kier alpha value is -2.11. The van der Waals surface area contributed by atoms with Crippen LogP contribution in [0, 0.1) is 5.82 Å². The van der Waals surface area contributed by atoms with Crippen molar-refractivity contribution in [1.82, 2.24) is 5.32 Å². The predicted octanol–water partition coefficient (Wildman–Crippen LogP) is 1.57. The zero-order valence-electron chi connectivity index (χ0n) is 10.6. The Balaban J connectivity index is 2.04. The lowest BCUT2D eigenvalue weighted by atomic mass is 10.2. The van der Waals surface area contributed by atoms with Crippen molar-refractivity contribution in [3.8, 4) is 0 Å². The van der Waals surface area contributed by atoms with E-state index >= 15 is 0 Å². The number of ether oxygens (including phenoxy) is 1. The van der Waals surface area contributed by atoms with Crippen LogP contribution in [0.15, 0.2) is 18.2 Å². The summed E-state index contributed by atoms with van der Waals surface area (Å²) in [6.45, 7) is 1.17. The minimum Gasteiger partial charge on any atom is -0.453 e. The van der Waals surface area contributed by atoms with Crippen molar-refractivity contribution in [1.29, 1.82) is 0 Å². The summed E-state index contributed by atoms with van der Waals surface area (Å²) in [5.74, 6) is -0.427. The second kappa shape index (κ2) is 5.69. The zero-order valence-corrected chi connectivity index (χ0v) is 10.6. The average Bonchev–Trinajstić information content (AvgIpc) is 2.86. The molecular weight excluding hydrogens is 251 g/mol. The maximum absolute atomic E-state index is 13.8. The highest BCUT2D eigenvalue weighted by Crippen LogP contribution is 2.24. The summed E-state index contributed by atoms with van der Waals surface area (Å²) in [5.41, 5.74) is 0.754. The van der Waals surface area contributed by atoms with Crippen LogP contribution in [0.5, 0.6) is 0 Å². The van der Waals surface area contributed by atoms with Gasteiger partial charge in [0, 0.05) is 18.7 Å². The van der Waals surface area contributed by atoms with Crippen LogP contribution < -0.4 is 10.2 Å². The standard InChI is InChI=1S/C13H15FN2O3/c1-19-13(18)15-10-4-5-16(7-10)12-3-2-9(8-17)6-11(12)14/h2-3,6,8,10H,4-5,7H2,1H3,(H,15,18). The lowest BCUT2D eigenvalue weighted by Crippen LogP contribution is -2.37. The third kappa shape index (κ3) is 3.01. The van der Waals surface area contributed by atoms with Crippen LogP contribution >= 0.6 is 0 Å². The lowest BCUT2D eigenvalue weighted by Gasteiger charge is -2.19. The third-order valence-corrected chi connectivity index (χ3v) is 3.14. The van der Waals surface area contributed by atoms with E-state index in [1.54, 1.807) is 12.1 Å². The van der Waals surface area contributed by atoms with Crippen LogP contribution in [0.4, 0.5) is 14.9 Å². The monoisotopic (exact) mass is 266 g/mol. The van der Waals surface area contributed by atoms with E-state index in [9.17, 15) is 14.0 Å². The van der Waals surface area contributed by atoms with E-state index in [4.69, 9.17) is 0 Å². The molecule has 1 aromatic rings. The minimum atomic E-state index is -0.483. The van der Waals surface area contributed by atoms with Gasteiger partial charge in [-0.15, -0.1) is 0 Å². The van der Waals surface area contributed by atoms with Crippen molar-refractivity contribution in [2.75, 3.05) is 25.1 Å². The van der Waals surface area contributed by atoms with E-state index in [1.807, 2.05) is 4.90 Å². The average molecular weight is 266 g/mol. The topological polar surface area (TPSA) is 58.6 Å². The Bertz CT molecular complexity index is 493. The SMILES string of the molecule is COC(=O)NC1CCN(c2ccc(C=O)cc2F)C1. The molecule has 0 aliphatic carbocycles. The molecule has 1 N–H and O–H groups in total. The first-order valence-corrected chi connectivity index (χ1v) is 5.98. The molecule has 102 valence electrons. The van der Waals surface area contributed by atoms with Gasteiger partial charge in [0.15, 0.2) is 0 Å². The first-order chi connectivity index (χ1) is 9.13. The van der Waals surface area contributed by atoms with Crippen LogP contribution in [-0.4, -0.2) is 38.6 Å². The van der Waals surface area contributed by atoms with Crippen LogP contribution in [0.25, 0.3) is 0 Å². The molecule has 2 rings (SSSR count). The Morgan fingerprint density at radius 1 is 1.58 bits per heavy atom. The number of alkyl carbamates (subject to hydrolysis) is 1. The highest BCUT2D eigenvalue weighted by Gasteiger charge is 2.25. The summed E-state index contributed by atoms with van der Waals surface area (Å²) >= 11 is 0. The molecule has 0 aromatic heterocycles. The van der Waals surface area contributed by atoms with Gasteiger partial charge in [-0.1, -0.05) is 0 Å². The number of nitrogens with one attached hydrogen (secondary N) is 1. The molecule has 1 aliphatic heterocycles. The zero-order chi connectivity index (χ0) is 13.8. The summed E-state index contributed by atoms with van der Waals surface area (Å²) < 4.78 is 18.4. The molecule has 5 nitrogen and oxygen atoms in total. The number of amides is 1.